The van der Waals surface area contributed by atoms with Gasteiger partial charge in [0, 0.05) is 0 Å². The van der Waals surface area contributed by atoms with Gasteiger partial charge in [0.1, 0.15) is 0 Å². The molecule has 1 unspecified atom stereocenters. The van der Waals surface area contributed by atoms with Crippen LogP contribution in [0.2, 0.25) is 0 Å². The maximum Gasteiger partial charge on any atom is 0.473 e. The minimum Gasteiger partial charge on any atom is -0.396 e. The molecule has 0 bridgehead atoms. The molecule has 0 saturated carbocycles. The first-order chi connectivity index (χ1) is 8.62. The van der Waals surface area contributed by atoms with Crippen LogP contribution in [0.25, 0.3) is 0 Å². The SMILES string of the molecule is CCC(C)C(=O)OC(F)(F)C(F)(F)C(F)(F)C(F)(F)F. The van der Waals surface area contributed by atoms with E-state index in [1.165, 1.54) is 6.92 Å². The van der Waals surface area contributed by atoms with E-state index in [4.69, 9.17) is 0 Å². The fourth-order valence-electron chi connectivity index (χ4n) is 0.818. The highest BCUT2D eigenvalue weighted by Crippen LogP contribution is 2.53. The van der Waals surface area contributed by atoms with Crippen LogP contribution in [0.5, 0.6) is 0 Å². The first-order valence-electron chi connectivity index (χ1n) is 5.04. The number of ether oxygens (including phenoxy) is 1. The van der Waals surface area contributed by atoms with Crippen LogP contribution in [-0.4, -0.2) is 30.1 Å². The number of rotatable bonds is 5. The average molecular weight is 320 g/mol. The van der Waals surface area contributed by atoms with Gasteiger partial charge in [-0.15, -0.1) is 0 Å². The lowest BCUT2D eigenvalue weighted by atomic mass is 10.1. The van der Waals surface area contributed by atoms with E-state index in [0.29, 0.717) is 0 Å². The smallest absolute Gasteiger partial charge is 0.396 e. The Labute approximate surface area is 106 Å². The predicted molar refractivity (Wildman–Crippen MR) is 46.4 cm³/mol. The zero-order valence-corrected chi connectivity index (χ0v) is 10.0. The highest BCUT2D eigenvalue weighted by Gasteiger charge is 2.84. The molecule has 0 N–H and O–H groups in total. The number of halogens is 9. The summed E-state index contributed by atoms with van der Waals surface area (Å²) in [6.07, 6.45) is -13.4. The van der Waals surface area contributed by atoms with E-state index in [9.17, 15) is 44.3 Å². The molecule has 0 aliphatic carbocycles. The molecule has 0 aromatic heterocycles. The third-order valence-corrected chi connectivity index (χ3v) is 2.36. The maximum atomic E-state index is 12.8. The lowest BCUT2D eigenvalue weighted by molar-refractivity contribution is -0.435. The molecular formula is C9H9F9O2. The van der Waals surface area contributed by atoms with E-state index in [1.54, 1.807) is 0 Å². The zero-order valence-electron chi connectivity index (χ0n) is 10.0. The summed E-state index contributed by atoms with van der Waals surface area (Å²) in [5, 5.41) is 0. The third kappa shape index (κ3) is 3.11. The van der Waals surface area contributed by atoms with Gasteiger partial charge in [0.15, 0.2) is 0 Å². The summed E-state index contributed by atoms with van der Waals surface area (Å²) < 4.78 is 114. The van der Waals surface area contributed by atoms with Crippen LogP contribution in [0.4, 0.5) is 39.5 Å². The van der Waals surface area contributed by atoms with Gasteiger partial charge in [-0.3, -0.25) is 4.79 Å². The minimum absolute atomic E-state index is 0.170. The van der Waals surface area contributed by atoms with Crippen molar-refractivity contribution in [1.82, 2.24) is 0 Å². The fraction of sp³-hybridized carbons (Fsp3) is 0.889. The number of esters is 1. The molecule has 120 valence electrons. The Bertz CT molecular complexity index is 361. The van der Waals surface area contributed by atoms with E-state index >= 15 is 0 Å². The van der Waals surface area contributed by atoms with Crippen LogP contribution in [-0.2, 0) is 9.53 Å². The second kappa shape index (κ2) is 5.32. The number of alkyl halides is 9. The number of hydrogen-bond donors (Lipinski definition) is 0. The van der Waals surface area contributed by atoms with Gasteiger partial charge in [0.05, 0.1) is 5.92 Å². The lowest BCUT2D eigenvalue weighted by Gasteiger charge is -2.32. The van der Waals surface area contributed by atoms with Gasteiger partial charge < -0.3 is 4.74 Å². The summed E-state index contributed by atoms with van der Waals surface area (Å²) in [5.74, 6) is -17.4. The monoisotopic (exact) mass is 320 g/mol. The topological polar surface area (TPSA) is 26.3 Å². The fourth-order valence-corrected chi connectivity index (χ4v) is 0.818. The van der Waals surface area contributed by atoms with Gasteiger partial charge in [-0.2, -0.15) is 39.5 Å². The normalized spacial score (nSPS) is 15.9. The van der Waals surface area contributed by atoms with Crippen molar-refractivity contribution in [3.05, 3.63) is 0 Å². The molecule has 20 heavy (non-hydrogen) atoms. The number of hydrogen-bond acceptors (Lipinski definition) is 2. The molecule has 0 rings (SSSR count). The zero-order chi connectivity index (χ0) is 16.6. The van der Waals surface area contributed by atoms with Gasteiger partial charge in [-0.25, -0.2) is 0 Å². The van der Waals surface area contributed by atoms with Gasteiger partial charge in [0.25, 0.3) is 0 Å². The second-order valence-corrected chi connectivity index (χ2v) is 3.89. The van der Waals surface area contributed by atoms with Gasteiger partial charge in [-0.1, -0.05) is 13.8 Å². The molecule has 0 radical (unpaired) electrons. The molecule has 0 amide bonds. The minimum atomic E-state index is -7.07. The molecule has 0 spiro atoms. The Morgan fingerprint density at radius 3 is 1.65 bits per heavy atom. The third-order valence-electron chi connectivity index (χ3n) is 2.36. The molecule has 0 saturated heterocycles. The van der Waals surface area contributed by atoms with Crippen molar-refractivity contribution >= 4 is 5.97 Å². The van der Waals surface area contributed by atoms with E-state index in [1.807, 2.05) is 0 Å². The van der Waals surface area contributed by atoms with Crippen molar-refractivity contribution in [2.45, 2.75) is 44.4 Å². The van der Waals surface area contributed by atoms with Crippen molar-refractivity contribution in [3.63, 3.8) is 0 Å². The van der Waals surface area contributed by atoms with Crippen molar-refractivity contribution in [2.75, 3.05) is 0 Å². The summed E-state index contributed by atoms with van der Waals surface area (Å²) >= 11 is 0. The summed E-state index contributed by atoms with van der Waals surface area (Å²) in [6.45, 7) is 2.20. The van der Waals surface area contributed by atoms with Crippen LogP contribution in [0.1, 0.15) is 20.3 Å². The molecule has 1 atom stereocenters. The summed E-state index contributed by atoms with van der Waals surface area (Å²) in [7, 11) is 0. The quantitative estimate of drug-likeness (QED) is 0.565. The van der Waals surface area contributed by atoms with Gasteiger partial charge in [-0.05, 0) is 6.42 Å². The first kappa shape index (κ1) is 18.8. The molecule has 0 fully saturated rings. The van der Waals surface area contributed by atoms with Crippen LogP contribution in [0.3, 0.4) is 0 Å². The van der Waals surface area contributed by atoms with Gasteiger partial charge >= 0.3 is 30.1 Å². The average Bonchev–Trinajstić information content (AvgIpc) is 2.25. The molecule has 0 aliphatic rings. The standard InChI is InChI=1S/C9H9F9O2/c1-3-4(2)5(19)20-9(17,18)7(12,13)6(10,11)8(14,15)16/h4H,3H2,1-2H3. The molecule has 2 nitrogen and oxygen atoms in total. The summed E-state index contributed by atoms with van der Waals surface area (Å²) in [5.41, 5.74) is 0. The summed E-state index contributed by atoms with van der Waals surface area (Å²) in [6, 6.07) is 0. The van der Waals surface area contributed by atoms with Crippen LogP contribution >= 0.6 is 0 Å². The van der Waals surface area contributed by atoms with Crippen LogP contribution in [0.15, 0.2) is 0 Å². The van der Waals surface area contributed by atoms with Crippen molar-refractivity contribution < 1.29 is 49.0 Å². The van der Waals surface area contributed by atoms with E-state index in [-0.39, 0.29) is 6.42 Å². The van der Waals surface area contributed by atoms with E-state index in [2.05, 4.69) is 4.74 Å². The van der Waals surface area contributed by atoms with Crippen molar-refractivity contribution in [2.24, 2.45) is 5.92 Å². The molecule has 11 heteroatoms. The maximum absolute atomic E-state index is 12.8. The largest absolute Gasteiger partial charge is 0.473 e. The second-order valence-electron chi connectivity index (χ2n) is 3.89. The summed E-state index contributed by atoms with van der Waals surface area (Å²) in [4.78, 5) is 10.9. The highest BCUT2D eigenvalue weighted by molar-refractivity contribution is 5.72. The van der Waals surface area contributed by atoms with E-state index < -0.39 is 36.0 Å². The Morgan fingerprint density at radius 1 is 0.950 bits per heavy atom. The Morgan fingerprint density at radius 2 is 1.35 bits per heavy atom. The van der Waals surface area contributed by atoms with E-state index in [0.717, 1.165) is 6.92 Å². The molecule has 0 heterocycles. The molecule has 0 aliphatic heterocycles. The Hall–Kier alpha value is -1.16. The predicted octanol–water partition coefficient (Wildman–Crippen LogP) is 4.00. The highest BCUT2D eigenvalue weighted by atomic mass is 19.4. The first-order valence-corrected chi connectivity index (χ1v) is 5.04. The number of carbonyl (C=O) groups is 1. The van der Waals surface area contributed by atoms with Gasteiger partial charge in [0.2, 0.25) is 0 Å². The van der Waals surface area contributed by atoms with Crippen LogP contribution < -0.4 is 0 Å². The van der Waals surface area contributed by atoms with Crippen molar-refractivity contribution in [3.8, 4) is 0 Å². The molecule has 0 aromatic carbocycles. The Kier molecular flexibility index (Phi) is 5.01. The van der Waals surface area contributed by atoms with Crippen LogP contribution in [0, 0.1) is 5.92 Å². The Balaban J connectivity index is 5.42. The van der Waals surface area contributed by atoms with Crippen molar-refractivity contribution in [1.29, 1.82) is 0 Å². The molecule has 0 aromatic rings. The molecular weight excluding hydrogens is 311 g/mol. The lowest BCUT2D eigenvalue weighted by Crippen LogP contribution is -2.62. The number of carbonyl (C=O) groups excluding carboxylic acids is 1.